The van der Waals surface area contributed by atoms with Crippen LogP contribution < -0.4 is 11.5 Å². The van der Waals surface area contributed by atoms with Gasteiger partial charge in [0.1, 0.15) is 0 Å². The lowest BCUT2D eigenvalue weighted by Gasteiger charge is -2.07. The molecular formula is C31H34N2. The van der Waals surface area contributed by atoms with Crippen molar-refractivity contribution in [1.29, 1.82) is 0 Å². The minimum Gasteiger partial charge on any atom is -0.399 e. The van der Waals surface area contributed by atoms with Crippen LogP contribution in [-0.2, 0) is 12.8 Å². The standard InChI is InChI=1S/C31H34N2/c32-30-20-16-28(17-21-30)26-12-8-24(9-13-26)6-4-2-1-3-5-7-25-10-14-27(15-11-25)29-18-22-31(33)23-19-29/h8-23H,1-7,32-33H2. The number of nitrogens with two attached hydrogens (primary N) is 2. The second-order valence-electron chi connectivity index (χ2n) is 8.91. The van der Waals surface area contributed by atoms with E-state index in [1.807, 2.05) is 24.3 Å². The Kier molecular flexibility index (Phi) is 7.81. The van der Waals surface area contributed by atoms with Crippen LogP contribution in [0.15, 0.2) is 97.1 Å². The van der Waals surface area contributed by atoms with Crippen molar-refractivity contribution in [2.24, 2.45) is 0 Å². The van der Waals surface area contributed by atoms with Crippen molar-refractivity contribution in [3.8, 4) is 22.3 Å². The minimum absolute atomic E-state index is 0.808. The van der Waals surface area contributed by atoms with Crippen molar-refractivity contribution >= 4 is 11.4 Å². The molecule has 0 atom stereocenters. The molecule has 0 aliphatic heterocycles. The van der Waals surface area contributed by atoms with E-state index in [-0.39, 0.29) is 0 Å². The first kappa shape index (κ1) is 22.7. The summed E-state index contributed by atoms with van der Waals surface area (Å²) in [6.45, 7) is 0. The van der Waals surface area contributed by atoms with Crippen LogP contribution in [0.1, 0.15) is 43.2 Å². The smallest absolute Gasteiger partial charge is 0.0314 e. The van der Waals surface area contributed by atoms with Crippen LogP contribution in [-0.4, -0.2) is 0 Å². The first-order valence-corrected chi connectivity index (χ1v) is 12.1. The Morgan fingerprint density at radius 2 is 0.606 bits per heavy atom. The Morgan fingerprint density at radius 1 is 0.333 bits per heavy atom. The maximum absolute atomic E-state index is 5.78. The molecule has 4 N–H and O–H groups in total. The van der Waals surface area contributed by atoms with E-state index >= 15 is 0 Å². The van der Waals surface area contributed by atoms with Crippen molar-refractivity contribution < 1.29 is 0 Å². The second-order valence-corrected chi connectivity index (χ2v) is 8.91. The molecule has 0 saturated carbocycles. The predicted octanol–water partition coefficient (Wildman–Crippen LogP) is 7.92. The molecule has 0 aliphatic rings. The number of anilines is 2. The molecule has 4 aromatic carbocycles. The molecule has 4 aromatic rings. The van der Waals surface area contributed by atoms with Gasteiger partial charge in [-0.05, 0) is 83.3 Å². The zero-order chi connectivity index (χ0) is 22.9. The summed E-state index contributed by atoms with van der Waals surface area (Å²) >= 11 is 0. The van der Waals surface area contributed by atoms with Gasteiger partial charge >= 0.3 is 0 Å². The molecule has 0 spiro atoms. The number of hydrogen-bond acceptors (Lipinski definition) is 2. The number of unbranched alkanes of at least 4 members (excludes halogenated alkanes) is 4. The third kappa shape index (κ3) is 6.73. The van der Waals surface area contributed by atoms with Crippen molar-refractivity contribution in [1.82, 2.24) is 0 Å². The highest BCUT2D eigenvalue weighted by atomic mass is 14.5. The first-order chi connectivity index (χ1) is 16.2. The van der Waals surface area contributed by atoms with Gasteiger partial charge in [-0.2, -0.15) is 0 Å². The van der Waals surface area contributed by atoms with Gasteiger partial charge in [-0.25, -0.2) is 0 Å². The Morgan fingerprint density at radius 3 is 0.939 bits per heavy atom. The summed E-state index contributed by atoms with van der Waals surface area (Å²) in [5, 5.41) is 0. The van der Waals surface area contributed by atoms with Gasteiger partial charge in [-0.1, -0.05) is 92.1 Å². The third-order valence-electron chi connectivity index (χ3n) is 6.33. The molecule has 0 radical (unpaired) electrons. The molecule has 33 heavy (non-hydrogen) atoms. The summed E-state index contributed by atoms with van der Waals surface area (Å²) in [7, 11) is 0. The highest BCUT2D eigenvalue weighted by molar-refractivity contribution is 5.66. The SMILES string of the molecule is Nc1ccc(-c2ccc(CCCCCCCc3ccc(-c4ccc(N)cc4)cc3)cc2)cc1. The summed E-state index contributed by atoms with van der Waals surface area (Å²) < 4.78 is 0. The third-order valence-corrected chi connectivity index (χ3v) is 6.33. The molecule has 0 fully saturated rings. The Labute approximate surface area is 198 Å². The molecule has 2 nitrogen and oxygen atoms in total. The molecule has 168 valence electrons. The van der Waals surface area contributed by atoms with Gasteiger partial charge in [0.05, 0.1) is 0 Å². The number of nitrogen functional groups attached to an aromatic ring is 2. The average Bonchev–Trinajstić information content (AvgIpc) is 2.85. The van der Waals surface area contributed by atoms with Crippen molar-refractivity contribution in [2.45, 2.75) is 44.9 Å². The van der Waals surface area contributed by atoms with Crippen LogP contribution in [0.5, 0.6) is 0 Å². The largest absolute Gasteiger partial charge is 0.399 e. The highest BCUT2D eigenvalue weighted by Crippen LogP contribution is 2.23. The number of benzene rings is 4. The molecule has 0 heterocycles. The lowest BCUT2D eigenvalue weighted by molar-refractivity contribution is 0.613. The van der Waals surface area contributed by atoms with E-state index in [4.69, 9.17) is 11.5 Å². The van der Waals surface area contributed by atoms with E-state index in [2.05, 4.69) is 72.8 Å². The number of hydrogen-bond donors (Lipinski definition) is 2. The van der Waals surface area contributed by atoms with Gasteiger partial charge in [0.2, 0.25) is 0 Å². The second kappa shape index (κ2) is 11.4. The van der Waals surface area contributed by atoms with Crippen molar-refractivity contribution in [3.05, 3.63) is 108 Å². The van der Waals surface area contributed by atoms with Crippen LogP contribution in [0.4, 0.5) is 11.4 Å². The molecule has 4 rings (SSSR count). The lowest BCUT2D eigenvalue weighted by Crippen LogP contribution is -1.89. The van der Waals surface area contributed by atoms with E-state index in [0.29, 0.717) is 0 Å². The molecular weight excluding hydrogens is 400 g/mol. The summed E-state index contributed by atoms with van der Waals surface area (Å²) in [4.78, 5) is 0. The Bertz CT molecular complexity index is 1020. The van der Waals surface area contributed by atoms with E-state index in [1.165, 1.54) is 65.5 Å². The van der Waals surface area contributed by atoms with E-state index in [1.54, 1.807) is 0 Å². The molecule has 2 heteroatoms. The number of rotatable bonds is 10. The van der Waals surface area contributed by atoms with Crippen LogP contribution in [0.25, 0.3) is 22.3 Å². The molecule has 0 amide bonds. The molecule has 0 bridgehead atoms. The Balaban J connectivity index is 1.12. The molecule has 0 saturated heterocycles. The Hall–Kier alpha value is -3.52. The monoisotopic (exact) mass is 434 g/mol. The van der Waals surface area contributed by atoms with Crippen LogP contribution >= 0.6 is 0 Å². The van der Waals surface area contributed by atoms with E-state index in [9.17, 15) is 0 Å². The van der Waals surface area contributed by atoms with Gasteiger partial charge in [0, 0.05) is 11.4 Å². The van der Waals surface area contributed by atoms with Gasteiger partial charge in [-0.3, -0.25) is 0 Å². The molecule has 0 aliphatic carbocycles. The quantitative estimate of drug-likeness (QED) is 0.197. The van der Waals surface area contributed by atoms with Crippen LogP contribution in [0.2, 0.25) is 0 Å². The fourth-order valence-corrected chi connectivity index (χ4v) is 4.27. The molecule has 0 unspecified atom stereocenters. The van der Waals surface area contributed by atoms with E-state index < -0.39 is 0 Å². The van der Waals surface area contributed by atoms with E-state index in [0.717, 1.165) is 24.2 Å². The predicted molar refractivity (Wildman–Crippen MR) is 143 cm³/mol. The maximum atomic E-state index is 5.78. The van der Waals surface area contributed by atoms with Gasteiger partial charge in [0.25, 0.3) is 0 Å². The topological polar surface area (TPSA) is 52.0 Å². The summed E-state index contributed by atoms with van der Waals surface area (Å²) in [6.07, 6.45) is 8.76. The van der Waals surface area contributed by atoms with Gasteiger partial charge < -0.3 is 11.5 Å². The summed E-state index contributed by atoms with van der Waals surface area (Å²) in [5.41, 5.74) is 21.0. The molecule has 0 aromatic heterocycles. The zero-order valence-corrected chi connectivity index (χ0v) is 19.3. The van der Waals surface area contributed by atoms with Crippen LogP contribution in [0, 0.1) is 0 Å². The average molecular weight is 435 g/mol. The van der Waals surface area contributed by atoms with Crippen LogP contribution in [0.3, 0.4) is 0 Å². The number of aryl methyl sites for hydroxylation is 2. The van der Waals surface area contributed by atoms with Crippen molar-refractivity contribution in [3.63, 3.8) is 0 Å². The minimum atomic E-state index is 0.808. The van der Waals surface area contributed by atoms with Gasteiger partial charge in [-0.15, -0.1) is 0 Å². The summed E-state index contributed by atoms with van der Waals surface area (Å²) in [6, 6.07) is 34.1. The van der Waals surface area contributed by atoms with Crippen molar-refractivity contribution in [2.75, 3.05) is 11.5 Å². The maximum Gasteiger partial charge on any atom is 0.0314 e. The fraction of sp³-hybridized carbons (Fsp3) is 0.226. The highest BCUT2D eigenvalue weighted by Gasteiger charge is 2.01. The summed E-state index contributed by atoms with van der Waals surface area (Å²) in [5.74, 6) is 0. The normalized spacial score (nSPS) is 10.9. The zero-order valence-electron chi connectivity index (χ0n) is 19.3. The van der Waals surface area contributed by atoms with Gasteiger partial charge in [0.15, 0.2) is 0 Å². The first-order valence-electron chi connectivity index (χ1n) is 12.1. The lowest BCUT2D eigenvalue weighted by atomic mass is 9.99. The fourth-order valence-electron chi connectivity index (χ4n) is 4.27.